The average molecular weight is 352 g/mol. The van der Waals surface area contributed by atoms with Crippen molar-refractivity contribution in [3.05, 3.63) is 18.1 Å². The number of rotatable bonds is 3. The average Bonchev–Trinajstić information content (AvgIpc) is 2.93. The predicted octanol–water partition coefficient (Wildman–Crippen LogP) is 0.972. The first-order valence-corrected chi connectivity index (χ1v) is 10.2. The van der Waals surface area contributed by atoms with Crippen molar-refractivity contribution >= 4 is 21.6 Å². The molecule has 0 spiro atoms. The second-order valence-electron chi connectivity index (χ2n) is 6.93. The summed E-state index contributed by atoms with van der Waals surface area (Å²) in [5.74, 6) is 1.41. The van der Waals surface area contributed by atoms with Crippen LogP contribution >= 0.6 is 0 Å². The predicted molar refractivity (Wildman–Crippen MR) is 91.8 cm³/mol. The molecule has 2 aliphatic rings. The Hall–Kier alpha value is -1.70. The van der Waals surface area contributed by atoms with Gasteiger partial charge < -0.3 is 9.80 Å². The van der Waals surface area contributed by atoms with Crippen molar-refractivity contribution in [1.82, 2.24) is 14.9 Å². The smallest absolute Gasteiger partial charge is 0.274 e. The molecular weight excluding hydrogens is 328 g/mol. The van der Waals surface area contributed by atoms with Gasteiger partial charge in [0, 0.05) is 26.2 Å². The highest BCUT2D eigenvalue weighted by molar-refractivity contribution is 7.91. The number of anilines is 1. The molecule has 2 atom stereocenters. The number of carbonyl (C=O) groups excluding carboxylic acids is 1. The molecule has 1 amide bonds. The summed E-state index contributed by atoms with van der Waals surface area (Å²) in [6, 6.07) is -0.0752. The SMILES string of the molecule is CC1CCCN(C(=O)c2cnc(N(C)C3CCS(=O)(=O)C3)cn2)C1. The first kappa shape index (κ1) is 17.1. The maximum absolute atomic E-state index is 12.5. The van der Waals surface area contributed by atoms with Crippen LogP contribution in [0.25, 0.3) is 0 Å². The van der Waals surface area contributed by atoms with E-state index in [9.17, 15) is 13.2 Å². The Morgan fingerprint density at radius 1 is 1.29 bits per heavy atom. The molecule has 2 unspecified atom stereocenters. The number of nitrogens with zero attached hydrogens (tertiary/aromatic N) is 4. The van der Waals surface area contributed by atoms with Gasteiger partial charge in [0.05, 0.1) is 23.9 Å². The van der Waals surface area contributed by atoms with Gasteiger partial charge in [0.15, 0.2) is 9.84 Å². The quantitative estimate of drug-likeness (QED) is 0.806. The van der Waals surface area contributed by atoms with Gasteiger partial charge in [0.1, 0.15) is 11.5 Å². The second-order valence-corrected chi connectivity index (χ2v) is 9.15. The lowest BCUT2D eigenvalue weighted by Gasteiger charge is -2.30. The van der Waals surface area contributed by atoms with Crippen molar-refractivity contribution in [2.75, 3.05) is 36.5 Å². The van der Waals surface area contributed by atoms with Gasteiger partial charge >= 0.3 is 0 Å². The fourth-order valence-corrected chi connectivity index (χ4v) is 5.19. The third-order valence-corrected chi connectivity index (χ3v) is 6.67. The molecule has 132 valence electrons. The van der Waals surface area contributed by atoms with Crippen LogP contribution < -0.4 is 4.90 Å². The monoisotopic (exact) mass is 352 g/mol. The Morgan fingerprint density at radius 3 is 2.67 bits per heavy atom. The van der Waals surface area contributed by atoms with E-state index >= 15 is 0 Å². The first-order chi connectivity index (χ1) is 11.4. The van der Waals surface area contributed by atoms with Gasteiger partial charge in [-0.2, -0.15) is 0 Å². The summed E-state index contributed by atoms with van der Waals surface area (Å²) < 4.78 is 23.2. The maximum Gasteiger partial charge on any atom is 0.274 e. The summed E-state index contributed by atoms with van der Waals surface area (Å²) in [5, 5.41) is 0. The van der Waals surface area contributed by atoms with Gasteiger partial charge in [-0.15, -0.1) is 0 Å². The topological polar surface area (TPSA) is 83.5 Å². The van der Waals surface area contributed by atoms with E-state index in [1.54, 1.807) is 6.20 Å². The molecule has 7 nitrogen and oxygen atoms in total. The van der Waals surface area contributed by atoms with Crippen LogP contribution in [0.15, 0.2) is 12.4 Å². The Balaban J connectivity index is 1.68. The molecule has 0 aromatic carbocycles. The van der Waals surface area contributed by atoms with Gasteiger partial charge in [-0.05, 0) is 25.2 Å². The minimum Gasteiger partial charge on any atom is -0.354 e. The molecule has 2 saturated heterocycles. The Morgan fingerprint density at radius 2 is 2.08 bits per heavy atom. The zero-order valence-electron chi connectivity index (χ0n) is 14.2. The van der Waals surface area contributed by atoms with E-state index in [0.29, 0.717) is 23.9 Å². The van der Waals surface area contributed by atoms with E-state index < -0.39 is 9.84 Å². The minimum absolute atomic E-state index is 0.0752. The molecule has 0 bridgehead atoms. The van der Waals surface area contributed by atoms with Gasteiger partial charge in [-0.3, -0.25) is 4.79 Å². The van der Waals surface area contributed by atoms with E-state index in [-0.39, 0.29) is 23.5 Å². The molecule has 2 aliphatic heterocycles. The molecule has 1 aromatic rings. The van der Waals surface area contributed by atoms with Crippen LogP contribution in [0.1, 0.15) is 36.7 Å². The number of hydrogen-bond acceptors (Lipinski definition) is 6. The molecule has 0 saturated carbocycles. The molecule has 3 heterocycles. The number of likely N-dealkylation sites (tertiary alicyclic amines) is 1. The standard InChI is InChI=1S/C16H24N4O3S/c1-12-4-3-6-20(10-12)16(21)14-8-18-15(9-17-14)19(2)13-5-7-24(22,23)11-13/h8-9,12-13H,3-7,10-11H2,1-2H3. The fourth-order valence-electron chi connectivity index (χ4n) is 3.42. The van der Waals surface area contributed by atoms with Gasteiger partial charge in [0.2, 0.25) is 0 Å². The summed E-state index contributed by atoms with van der Waals surface area (Å²) in [6.45, 7) is 3.69. The summed E-state index contributed by atoms with van der Waals surface area (Å²) in [5.41, 5.74) is 0.347. The van der Waals surface area contributed by atoms with Crippen molar-refractivity contribution in [3.8, 4) is 0 Å². The van der Waals surface area contributed by atoms with Gasteiger partial charge in [-0.25, -0.2) is 18.4 Å². The van der Waals surface area contributed by atoms with Crippen LogP contribution in [0.3, 0.4) is 0 Å². The Kier molecular flexibility index (Phi) is 4.76. The molecule has 2 fully saturated rings. The summed E-state index contributed by atoms with van der Waals surface area (Å²) >= 11 is 0. The highest BCUT2D eigenvalue weighted by atomic mass is 32.2. The van der Waals surface area contributed by atoms with E-state index in [1.807, 2.05) is 16.8 Å². The lowest BCUT2D eigenvalue weighted by molar-refractivity contribution is 0.0676. The minimum atomic E-state index is -2.94. The zero-order chi connectivity index (χ0) is 17.3. The third kappa shape index (κ3) is 3.68. The molecule has 0 radical (unpaired) electrons. The van der Waals surface area contributed by atoms with Gasteiger partial charge in [-0.1, -0.05) is 6.92 Å². The summed E-state index contributed by atoms with van der Waals surface area (Å²) in [4.78, 5) is 24.8. The highest BCUT2D eigenvalue weighted by Crippen LogP contribution is 2.21. The maximum atomic E-state index is 12.5. The van der Waals surface area contributed by atoms with E-state index in [4.69, 9.17) is 0 Å². The van der Waals surface area contributed by atoms with Crippen LogP contribution in [-0.2, 0) is 9.84 Å². The van der Waals surface area contributed by atoms with Crippen molar-refractivity contribution in [1.29, 1.82) is 0 Å². The number of aromatic nitrogens is 2. The van der Waals surface area contributed by atoms with E-state index in [0.717, 1.165) is 25.9 Å². The second kappa shape index (κ2) is 6.66. The first-order valence-electron chi connectivity index (χ1n) is 8.40. The summed E-state index contributed by atoms with van der Waals surface area (Å²) in [7, 11) is -1.12. The molecular formula is C16H24N4O3S. The molecule has 1 aromatic heterocycles. The van der Waals surface area contributed by atoms with Crippen molar-refractivity contribution < 1.29 is 13.2 Å². The lowest BCUT2D eigenvalue weighted by Crippen LogP contribution is -2.39. The fraction of sp³-hybridized carbons (Fsp3) is 0.688. The van der Waals surface area contributed by atoms with Crippen LogP contribution in [-0.4, -0.2) is 66.9 Å². The van der Waals surface area contributed by atoms with Crippen molar-refractivity contribution in [3.63, 3.8) is 0 Å². The molecule has 3 rings (SSSR count). The van der Waals surface area contributed by atoms with Crippen LogP contribution in [0, 0.1) is 5.92 Å². The van der Waals surface area contributed by atoms with E-state index in [1.165, 1.54) is 6.20 Å². The normalized spacial score (nSPS) is 26.3. The van der Waals surface area contributed by atoms with Crippen molar-refractivity contribution in [2.24, 2.45) is 5.92 Å². The Bertz CT molecular complexity index is 705. The number of carbonyl (C=O) groups is 1. The van der Waals surface area contributed by atoms with Crippen LogP contribution in [0.4, 0.5) is 5.82 Å². The molecule has 8 heteroatoms. The number of piperidine rings is 1. The largest absolute Gasteiger partial charge is 0.354 e. The number of sulfone groups is 1. The highest BCUT2D eigenvalue weighted by Gasteiger charge is 2.31. The third-order valence-electron chi connectivity index (χ3n) is 4.92. The Labute approximate surface area is 143 Å². The van der Waals surface area contributed by atoms with E-state index in [2.05, 4.69) is 16.9 Å². The zero-order valence-corrected chi connectivity index (χ0v) is 15.0. The van der Waals surface area contributed by atoms with Crippen LogP contribution in [0.2, 0.25) is 0 Å². The number of hydrogen-bond donors (Lipinski definition) is 0. The number of amides is 1. The van der Waals surface area contributed by atoms with Crippen LogP contribution in [0.5, 0.6) is 0 Å². The lowest BCUT2D eigenvalue weighted by atomic mass is 10.0. The summed E-state index contributed by atoms with van der Waals surface area (Å²) in [6.07, 6.45) is 5.84. The molecule has 24 heavy (non-hydrogen) atoms. The van der Waals surface area contributed by atoms with Gasteiger partial charge in [0.25, 0.3) is 5.91 Å². The molecule has 0 aliphatic carbocycles. The molecule has 0 N–H and O–H groups in total. The van der Waals surface area contributed by atoms with Crippen molar-refractivity contribution in [2.45, 2.75) is 32.2 Å².